The molecule has 1 rings (SSSR count). The predicted octanol–water partition coefficient (Wildman–Crippen LogP) is 3.96. The Morgan fingerprint density at radius 2 is 0.867 bits per heavy atom. The molecule has 0 fully saturated rings. The first-order valence-corrected chi connectivity index (χ1v) is 6.26. The monoisotopic (exact) mass is 411 g/mol. The van der Waals surface area contributed by atoms with Gasteiger partial charge in [-0.3, -0.25) is 0 Å². The van der Waals surface area contributed by atoms with Crippen molar-refractivity contribution < 1.29 is 13.2 Å². The van der Waals surface area contributed by atoms with Crippen LogP contribution in [0.15, 0.2) is 0 Å². The minimum Gasteiger partial charge on any atom is -0.226 e. The van der Waals surface area contributed by atoms with Gasteiger partial charge in [-0.25, -0.2) is 28.1 Å². The number of hydrogen-bond donors (Lipinski definition) is 0. The van der Waals surface area contributed by atoms with Crippen molar-refractivity contribution in [2.24, 2.45) is 0 Å². The Balaban J connectivity index is 3.20. The Bertz CT molecular complexity index is 283. The first kappa shape index (κ1) is 13.3. The Kier molecular flexibility index (Phi) is 4.91. The van der Waals surface area contributed by atoms with E-state index in [9.17, 15) is 13.2 Å². The van der Waals surface area contributed by atoms with Crippen LogP contribution in [0.4, 0.5) is 13.2 Å². The predicted molar refractivity (Wildman–Crippen MR) is 58.2 cm³/mol. The van der Waals surface area contributed by atoms with Crippen LogP contribution in [0.2, 0.25) is 0 Å². The molecule has 0 amide bonds. The van der Waals surface area contributed by atoms with Crippen molar-refractivity contribution in [3.8, 4) is 0 Å². The van der Waals surface area contributed by atoms with E-state index in [-0.39, 0.29) is 17.5 Å². The maximum atomic E-state index is 12.8. The summed E-state index contributed by atoms with van der Waals surface area (Å²) in [5, 5.41) is -5.10. The Morgan fingerprint density at radius 1 is 0.667 bits per heavy atom. The molecule has 1 heterocycles. The molecule has 1 aromatic rings. The second-order valence-corrected chi connectivity index (χ2v) is 4.72. The summed E-state index contributed by atoms with van der Waals surface area (Å²) >= 11 is 7.66. The molecule has 3 atom stereocenters. The first-order valence-electron chi connectivity index (χ1n) is 3.52. The zero-order chi connectivity index (χ0) is 11.6. The molecule has 0 spiro atoms. The summed E-state index contributed by atoms with van der Waals surface area (Å²) in [5.74, 6) is -1.13. The number of nitrogens with zero attached hydrogens (tertiary/aromatic N) is 3. The maximum absolute atomic E-state index is 12.8. The number of aromatic nitrogens is 3. The van der Waals surface area contributed by atoms with E-state index in [1.807, 2.05) is 0 Å². The highest BCUT2D eigenvalue weighted by atomic mass is 79.9. The van der Waals surface area contributed by atoms with Crippen molar-refractivity contribution in [2.75, 3.05) is 0 Å². The smallest absolute Gasteiger partial charge is 0.214 e. The fourth-order valence-corrected chi connectivity index (χ4v) is 1.33. The Morgan fingerprint density at radius 3 is 1.00 bits per heavy atom. The van der Waals surface area contributed by atoms with Gasteiger partial charge in [-0.2, -0.15) is 0 Å². The van der Waals surface area contributed by atoms with Crippen molar-refractivity contribution in [3.05, 3.63) is 17.5 Å². The molecule has 15 heavy (non-hydrogen) atoms. The lowest BCUT2D eigenvalue weighted by Gasteiger charge is -2.06. The highest BCUT2D eigenvalue weighted by Gasteiger charge is 2.20. The van der Waals surface area contributed by atoms with Gasteiger partial charge in [0.1, 0.15) is 0 Å². The molecule has 3 nitrogen and oxygen atoms in total. The summed E-state index contributed by atoms with van der Waals surface area (Å²) in [6.45, 7) is 0. The highest BCUT2D eigenvalue weighted by molar-refractivity contribution is 9.09. The van der Waals surface area contributed by atoms with E-state index < -0.39 is 15.2 Å². The topological polar surface area (TPSA) is 38.7 Å². The third-order valence-electron chi connectivity index (χ3n) is 1.27. The molecule has 0 radical (unpaired) electrons. The largest absolute Gasteiger partial charge is 0.226 e. The second-order valence-electron chi connectivity index (χ2n) is 2.31. The van der Waals surface area contributed by atoms with E-state index in [0.717, 1.165) is 0 Å². The lowest BCUT2D eigenvalue weighted by atomic mass is 10.5. The van der Waals surface area contributed by atoms with Crippen molar-refractivity contribution in [1.29, 1.82) is 0 Å². The SMILES string of the molecule is F[C@H](Br)c1nc([C@H](F)Br)nc([C@H](F)Br)n1. The fraction of sp³-hybridized carbons (Fsp3) is 0.500. The Hall–Kier alpha value is 0.240. The summed E-state index contributed by atoms with van der Waals surface area (Å²) in [6.07, 6.45) is 0. The molecule has 0 aliphatic rings. The van der Waals surface area contributed by atoms with E-state index in [1.54, 1.807) is 0 Å². The molecule has 84 valence electrons. The number of rotatable bonds is 3. The molecule has 0 bridgehead atoms. The van der Waals surface area contributed by atoms with Crippen molar-refractivity contribution >= 4 is 47.8 Å². The van der Waals surface area contributed by atoms with Gasteiger partial charge < -0.3 is 0 Å². The van der Waals surface area contributed by atoms with Crippen LogP contribution < -0.4 is 0 Å². The van der Waals surface area contributed by atoms with E-state index in [4.69, 9.17) is 0 Å². The second kappa shape index (κ2) is 5.53. The third-order valence-corrected chi connectivity index (χ3v) is 2.50. The molecular weight excluding hydrogens is 411 g/mol. The third kappa shape index (κ3) is 3.63. The minimum atomic E-state index is -1.70. The quantitative estimate of drug-likeness (QED) is 0.704. The molecule has 1 aromatic heterocycles. The number of halogens is 6. The molecule has 9 heteroatoms. The van der Waals surface area contributed by atoms with E-state index in [2.05, 4.69) is 62.7 Å². The molecule has 0 aliphatic heterocycles. The van der Waals surface area contributed by atoms with Gasteiger partial charge in [0.15, 0.2) is 17.5 Å². The van der Waals surface area contributed by atoms with E-state index >= 15 is 0 Å². The molecule has 0 aromatic carbocycles. The standard InChI is InChI=1S/C6H3Br3F3N3/c7-1(10)4-13-5(2(8)11)15-6(14-4)3(9)12/h1-3H/t1-,2-,3-/m0/s1. The van der Waals surface area contributed by atoms with Gasteiger partial charge in [-0.15, -0.1) is 0 Å². The first-order chi connectivity index (χ1) is 6.91. The van der Waals surface area contributed by atoms with Crippen LogP contribution in [0.5, 0.6) is 0 Å². The lowest BCUT2D eigenvalue weighted by Crippen LogP contribution is -2.07. The summed E-state index contributed by atoms with van der Waals surface area (Å²) in [7, 11) is 0. The van der Waals surface area contributed by atoms with Crippen LogP contribution in [0, 0.1) is 0 Å². The molecule has 0 unspecified atom stereocenters. The molecule has 0 saturated carbocycles. The summed E-state index contributed by atoms with van der Waals surface area (Å²) in [5.41, 5.74) is 0. The number of hydrogen-bond acceptors (Lipinski definition) is 3. The fourth-order valence-electron chi connectivity index (χ4n) is 0.720. The van der Waals surface area contributed by atoms with E-state index in [0.29, 0.717) is 0 Å². The van der Waals surface area contributed by atoms with Crippen LogP contribution >= 0.6 is 47.8 Å². The van der Waals surface area contributed by atoms with Crippen molar-refractivity contribution in [3.63, 3.8) is 0 Å². The summed E-state index contributed by atoms with van der Waals surface area (Å²) in [6, 6.07) is 0. The van der Waals surface area contributed by atoms with Crippen LogP contribution in [-0.4, -0.2) is 15.0 Å². The van der Waals surface area contributed by atoms with Gasteiger partial charge >= 0.3 is 0 Å². The molecule has 0 saturated heterocycles. The average Bonchev–Trinajstić information content (AvgIpc) is 2.16. The van der Waals surface area contributed by atoms with Gasteiger partial charge in [0.2, 0.25) is 15.2 Å². The Labute approximate surface area is 108 Å². The molecule has 0 N–H and O–H groups in total. The normalized spacial score (nSPS) is 17.2. The van der Waals surface area contributed by atoms with Crippen LogP contribution in [0.1, 0.15) is 32.7 Å². The highest BCUT2D eigenvalue weighted by Crippen LogP contribution is 2.28. The van der Waals surface area contributed by atoms with E-state index in [1.165, 1.54) is 0 Å². The molecular formula is C6H3Br3F3N3. The maximum Gasteiger partial charge on any atom is 0.214 e. The minimum absolute atomic E-state index is 0.376. The zero-order valence-electron chi connectivity index (χ0n) is 6.84. The van der Waals surface area contributed by atoms with Crippen molar-refractivity contribution in [2.45, 2.75) is 15.2 Å². The van der Waals surface area contributed by atoms with Crippen LogP contribution in [0.25, 0.3) is 0 Å². The van der Waals surface area contributed by atoms with Gasteiger partial charge in [-0.1, -0.05) is 0 Å². The molecule has 0 aliphatic carbocycles. The van der Waals surface area contributed by atoms with Crippen LogP contribution in [-0.2, 0) is 0 Å². The van der Waals surface area contributed by atoms with Gasteiger partial charge in [0.25, 0.3) is 0 Å². The lowest BCUT2D eigenvalue weighted by molar-refractivity contribution is 0.411. The van der Waals surface area contributed by atoms with Gasteiger partial charge in [-0.05, 0) is 47.8 Å². The van der Waals surface area contributed by atoms with Gasteiger partial charge in [0.05, 0.1) is 0 Å². The average molecular weight is 414 g/mol. The summed E-state index contributed by atoms with van der Waals surface area (Å²) < 4.78 is 38.4. The van der Waals surface area contributed by atoms with Gasteiger partial charge in [0, 0.05) is 0 Å². The van der Waals surface area contributed by atoms with Crippen LogP contribution in [0.3, 0.4) is 0 Å². The van der Waals surface area contributed by atoms with Crippen molar-refractivity contribution in [1.82, 2.24) is 15.0 Å². The summed E-state index contributed by atoms with van der Waals surface area (Å²) in [4.78, 5) is 10.4. The zero-order valence-corrected chi connectivity index (χ0v) is 11.6. The number of alkyl halides is 6.